The molecule has 0 aromatic carbocycles. The number of hydrogen-bond donors (Lipinski definition) is 1. The van der Waals surface area contributed by atoms with E-state index >= 15 is 0 Å². The third kappa shape index (κ3) is 2.33. The van der Waals surface area contributed by atoms with Crippen molar-refractivity contribution in [3.63, 3.8) is 0 Å². The third-order valence-electron chi connectivity index (χ3n) is 8.24. The van der Waals surface area contributed by atoms with Crippen LogP contribution in [0.15, 0.2) is 12.2 Å². The summed E-state index contributed by atoms with van der Waals surface area (Å²) in [6.07, 6.45) is 2.92. The monoisotopic (exact) mass is 390 g/mol. The Hall–Kier alpha value is -1.69. The molecule has 1 heterocycles. The number of ether oxygens (including phenoxy) is 2. The van der Waals surface area contributed by atoms with E-state index in [1.165, 1.54) is 6.92 Å². The van der Waals surface area contributed by atoms with Gasteiger partial charge < -0.3 is 19.4 Å². The van der Waals surface area contributed by atoms with Crippen molar-refractivity contribution in [3.05, 3.63) is 12.2 Å². The number of esters is 2. The van der Waals surface area contributed by atoms with Gasteiger partial charge in [0.05, 0.1) is 12.7 Å². The molecule has 0 unspecified atom stereocenters. The summed E-state index contributed by atoms with van der Waals surface area (Å²) in [6, 6.07) is 0. The maximum absolute atomic E-state index is 13.1. The lowest BCUT2D eigenvalue weighted by Gasteiger charge is -2.62. The Morgan fingerprint density at radius 2 is 2.07 bits per heavy atom. The van der Waals surface area contributed by atoms with Gasteiger partial charge in [0.1, 0.15) is 17.8 Å². The lowest BCUT2D eigenvalue weighted by Crippen LogP contribution is -2.67. The summed E-state index contributed by atoms with van der Waals surface area (Å²) in [4.78, 5) is 37.4. The van der Waals surface area contributed by atoms with Crippen LogP contribution in [0, 0.1) is 34.0 Å². The van der Waals surface area contributed by atoms with Gasteiger partial charge in [-0.05, 0) is 42.6 Å². The van der Waals surface area contributed by atoms with Crippen molar-refractivity contribution < 1.29 is 29.0 Å². The molecule has 3 aliphatic carbocycles. The van der Waals surface area contributed by atoms with Gasteiger partial charge >= 0.3 is 11.9 Å². The van der Waals surface area contributed by atoms with Crippen molar-refractivity contribution in [1.29, 1.82) is 0 Å². The van der Waals surface area contributed by atoms with Gasteiger partial charge in [0.15, 0.2) is 0 Å². The van der Waals surface area contributed by atoms with Gasteiger partial charge in [0.2, 0.25) is 0 Å². The lowest BCUT2D eigenvalue weighted by molar-refractivity contribution is -0.242. The average molecular weight is 390 g/mol. The molecule has 0 radical (unpaired) electrons. The van der Waals surface area contributed by atoms with Gasteiger partial charge in [-0.3, -0.25) is 9.59 Å². The molecule has 1 N–H and O–H groups in total. The second-order valence-electron chi connectivity index (χ2n) is 10.0. The van der Waals surface area contributed by atoms with Crippen LogP contribution in [0.4, 0.5) is 0 Å². The normalized spacial score (nSPS) is 46.6. The Bertz CT molecular complexity index is 741. The van der Waals surface area contributed by atoms with E-state index in [4.69, 9.17) is 9.47 Å². The summed E-state index contributed by atoms with van der Waals surface area (Å²) in [5, 5.41) is 11.1. The number of hydrogen-bond acceptors (Lipinski definition) is 6. The van der Waals surface area contributed by atoms with Gasteiger partial charge in [-0.15, -0.1) is 0 Å². The average Bonchev–Trinajstić information content (AvgIpc) is 2.80. The van der Waals surface area contributed by atoms with E-state index in [9.17, 15) is 19.5 Å². The molecule has 6 nitrogen and oxygen atoms in total. The number of aliphatic hydroxyl groups is 1. The van der Waals surface area contributed by atoms with Crippen molar-refractivity contribution in [2.24, 2.45) is 34.0 Å². The van der Waals surface area contributed by atoms with E-state index < -0.39 is 40.9 Å². The topological polar surface area (TPSA) is 89.9 Å². The number of cyclic esters (lactones) is 1. The van der Waals surface area contributed by atoms with Crippen molar-refractivity contribution >= 4 is 18.2 Å². The standard InChI is InChI=1S/C22H30O6/c1-12-14-8-15(28-13(2)24)17-21(7-5-6-20(3,4)16(21)10-23)11-27-19(26)22(17,9-14)18(12)25/h10,14-18,25H,1,5-9,11H2,2-4H3/t14-,15-,16-,17+,18-,21+,22+/m1/s1. The number of aldehydes is 1. The molecular weight excluding hydrogens is 360 g/mol. The molecule has 0 aromatic rings. The number of aliphatic hydroxyl groups excluding tert-OH is 1. The summed E-state index contributed by atoms with van der Waals surface area (Å²) >= 11 is 0. The highest BCUT2D eigenvalue weighted by Gasteiger charge is 2.74. The van der Waals surface area contributed by atoms with Gasteiger partial charge in [-0.2, -0.15) is 0 Å². The van der Waals surface area contributed by atoms with Crippen LogP contribution in [-0.2, 0) is 23.9 Å². The zero-order chi connectivity index (χ0) is 20.5. The SMILES string of the molecule is C=C1[C@@H]2C[C@@H](OC(C)=O)[C@H]3[C@@]4(CCCC(C)(C)[C@H]4C=O)COC(=O)[C@]3(C2)[C@@H]1O. The number of carbonyl (C=O) groups is 3. The fourth-order valence-corrected chi connectivity index (χ4v) is 7.24. The molecule has 6 heteroatoms. The highest BCUT2D eigenvalue weighted by molar-refractivity contribution is 5.82. The van der Waals surface area contributed by atoms with Crippen LogP contribution >= 0.6 is 0 Å². The number of carbonyl (C=O) groups excluding carboxylic acids is 3. The molecular formula is C22H30O6. The molecule has 7 atom stereocenters. The van der Waals surface area contributed by atoms with Crippen molar-refractivity contribution in [2.75, 3.05) is 6.61 Å². The second kappa shape index (κ2) is 6.15. The van der Waals surface area contributed by atoms with E-state index in [-0.39, 0.29) is 23.9 Å². The first-order chi connectivity index (χ1) is 13.1. The molecule has 0 aromatic heterocycles. The quantitative estimate of drug-likeness (QED) is 0.442. The van der Waals surface area contributed by atoms with E-state index in [1.807, 2.05) is 0 Å². The zero-order valence-corrected chi connectivity index (χ0v) is 16.9. The first-order valence-electron chi connectivity index (χ1n) is 10.3. The third-order valence-corrected chi connectivity index (χ3v) is 8.24. The molecule has 0 amide bonds. The van der Waals surface area contributed by atoms with Crippen LogP contribution in [0.25, 0.3) is 0 Å². The lowest BCUT2D eigenvalue weighted by atomic mass is 9.44. The van der Waals surface area contributed by atoms with Gasteiger partial charge in [-0.1, -0.05) is 26.8 Å². The Kier molecular flexibility index (Phi) is 4.31. The Balaban J connectivity index is 1.92. The summed E-state index contributed by atoms with van der Waals surface area (Å²) in [5.74, 6) is -1.74. The van der Waals surface area contributed by atoms with E-state index in [0.717, 1.165) is 19.1 Å². The summed E-state index contributed by atoms with van der Waals surface area (Å²) in [6.45, 7) is 9.69. The molecule has 4 aliphatic rings. The largest absolute Gasteiger partial charge is 0.465 e. The molecule has 2 bridgehead atoms. The van der Waals surface area contributed by atoms with E-state index in [2.05, 4.69) is 20.4 Å². The van der Waals surface area contributed by atoms with Crippen molar-refractivity contribution in [3.8, 4) is 0 Å². The van der Waals surface area contributed by atoms with Crippen LogP contribution < -0.4 is 0 Å². The van der Waals surface area contributed by atoms with Crippen LogP contribution in [0.3, 0.4) is 0 Å². The first-order valence-corrected chi connectivity index (χ1v) is 10.3. The van der Waals surface area contributed by atoms with Gasteiger partial charge in [-0.25, -0.2) is 0 Å². The van der Waals surface area contributed by atoms with E-state index in [1.54, 1.807) is 0 Å². The first kappa shape index (κ1) is 19.6. The highest BCUT2D eigenvalue weighted by Crippen LogP contribution is 2.69. The molecule has 28 heavy (non-hydrogen) atoms. The maximum Gasteiger partial charge on any atom is 0.315 e. The summed E-state index contributed by atoms with van der Waals surface area (Å²) < 4.78 is 11.5. The minimum absolute atomic E-state index is 0.0930. The Labute approximate surface area is 165 Å². The van der Waals surface area contributed by atoms with Crippen molar-refractivity contribution in [2.45, 2.75) is 65.1 Å². The van der Waals surface area contributed by atoms with E-state index in [0.29, 0.717) is 24.8 Å². The van der Waals surface area contributed by atoms with Crippen LogP contribution in [-0.4, -0.2) is 42.1 Å². The predicted molar refractivity (Wildman–Crippen MR) is 99.9 cm³/mol. The Morgan fingerprint density at radius 3 is 2.71 bits per heavy atom. The fourth-order valence-electron chi connectivity index (χ4n) is 7.24. The summed E-state index contributed by atoms with van der Waals surface area (Å²) in [5.41, 5.74) is -1.48. The molecule has 154 valence electrons. The van der Waals surface area contributed by atoms with Gasteiger partial charge in [0.25, 0.3) is 0 Å². The molecule has 4 fully saturated rings. The minimum Gasteiger partial charge on any atom is -0.465 e. The smallest absolute Gasteiger partial charge is 0.315 e. The fraction of sp³-hybridized carbons (Fsp3) is 0.773. The second-order valence-corrected chi connectivity index (χ2v) is 10.0. The van der Waals surface area contributed by atoms with Crippen LogP contribution in [0.5, 0.6) is 0 Å². The molecule has 1 aliphatic heterocycles. The zero-order valence-electron chi connectivity index (χ0n) is 16.9. The predicted octanol–water partition coefficient (Wildman–Crippen LogP) is 2.43. The minimum atomic E-state index is -1.19. The number of rotatable bonds is 2. The van der Waals surface area contributed by atoms with Crippen LogP contribution in [0.2, 0.25) is 0 Å². The van der Waals surface area contributed by atoms with Crippen molar-refractivity contribution in [1.82, 2.24) is 0 Å². The molecule has 3 saturated carbocycles. The van der Waals surface area contributed by atoms with Gasteiger partial charge in [0, 0.05) is 24.2 Å². The molecule has 2 spiro atoms. The molecule has 4 rings (SSSR count). The Morgan fingerprint density at radius 1 is 1.36 bits per heavy atom. The summed E-state index contributed by atoms with van der Waals surface area (Å²) in [7, 11) is 0. The van der Waals surface area contributed by atoms with Crippen LogP contribution in [0.1, 0.15) is 52.9 Å². The molecule has 1 saturated heterocycles. The highest BCUT2D eigenvalue weighted by atomic mass is 16.6. The maximum atomic E-state index is 13.1. The number of fused-ring (bicyclic) bond motifs is 2.